The third-order valence-corrected chi connectivity index (χ3v) is 6.01. The van der Waals surface area contributed by atoms with Crippen molar-refractivity contribution in [2.24, 2.45) is 0 Å². The molecule has 0 unspecified atom stereocenters. The molecule has 27 heavy (non-hydrogen) atoms. The molecule has 0 fully saturated rings. The highest BCUT2D eigenvalue weighted by molar-refractivity contribution is 7.90. The first-order chi connectivity index (χ1) is 12.7. The maximum Gasteiger partial charge on any atom is 0.331 e. The fourth-order valence-electron chi connectivity index (χ4n) is 2.84. The number of fused-ring (bicyclic) bond motifs is 1. The van der Waals surface area contributed by atoms with Crippen LogP contribution in [-0.4, -0.2) is 23.5 Å². The molecule has 3 rings (SSSR count). The second kappa shape index (κ2) is 7.00. The summed E-state index contributed by atoms with van der Waals surface area (Å²) in [6.45, 7) is 3.54. The van der Waals surface area contributed by atoms with E-state index < -0.39 is 21.8 Å². The number of hydrogen-bond donors (Lipinski definition) is 1. The normalized spacial score (nSPS) is 12.5. The Labute approximate surface area is 156 Å². The smallest absolute Gasteiger partial charge is 0.331 e. The predicted octanol–water partition coefficient (Wildman–Crippen LogP) is 4.20. The van der Waals surface area contributed by atoms with E-state index in [4.69, 9.17) is 0 Å². The van der Waals surface area contributed by atoms with Crippen molar-refractivity contribution in [3.05, 3.63) is 71.2 Å². The van der Waals surface area contributed by atoms with Crippen LogP contribution in [0.3, 0.4) is 0 Å². The molecule has 7 heteroatoms. The zero-order valence-electron chi connectivity index (χ0n) is 14.8. The molecular weight excluding hydrogens is 369 g/mol. The number of aromatic nitrogens is 1. The standard InChI is InChI=1S/C20H18FNO4S/c1-3-14(20(23)24)10-15-12-22(19-9-6-16(21)11-18(15)19)27(25,26)17-7-4-13(2)5-8-17/h4-12H,3H2,1-2H3,(H,23,24)/b14-10+. The molecular formula is C20H18FNO4S. The van der Waals surface area contributed by atoms with Crippen LogP contribution in [0.5, 0.6) is 0 Å². The fraction of sp³-hybridized carbons (Fsp3) is 0.150. The Morgan fingerprint density at radius 2 is 1.85 bits per heavy atom. The molecule has 5 nitrogen and oxygen atoms in total. The highest BCUT2D eigenvalue weighted by atomic mass is 32.2. The maximum absolute atomic E-state index is 13.8. The number of aryl methyl sites for hydroxylation is 1. The highest BCUT2D eigenvalue weighted by Crippen LogP contribution is 2.29. The molecule has 0 aliphatic carbocycles. The van der Waals surface area contributed by atoms with Gasteiger partial charge >= 0.3 is 5.97 Å². The van der Waals surface area contributed by atoms with Crippen LogP contribution in [0, 0.1) is 12.7 Å². The van der Waals surface area contributed by atoms with Crippen LogP contribution in [0.4, 0.5) is 4.39 Å². The van der Waals surface area contributed by atoms with Crippen LogP contribution in [0.25, 0.3) is 17.0 Å². The van der Waals surface area contributed by atoms with Gasteiger partial charge in [0, 0.05) is 22.7 Å². The quantitative estimate of drug-likeness (QED) is 0.666. The van der Waals surface area contributed by atoms with Crippen molar-refractivity contribution in [1.82, 2.24) is 3.97 Å². The van der Waals surface area contributed by atoms with Crippen molar-refractivity contribution in [2.45, 2.75) is 25.2 Å². The zero-order valence-corrected chi connectivity index (χ0v) is 15.6. The van der Waals surface area contributed by atoms with Gasteiger partial charge < -0.3 is 5.11 Å². The van der Waals surface area contributed by atoms with Gasteiger partial charge in [-0.25, -0.2) is 21.6 Å². The highest BCUT2D eigenvalue weighted by Gasteiger charge is 2.21. The van der Waals surface area contributed by atoms with E-state index in [2.05, 4.69) is 0 Å². The van der Waals surface area contributed by atoms with Gasteiger partial charge in [-0.3, -0.25) is 0 Å². The molecule has 0 saturated carbocycles. The molecule has 0 amide bonds. The number of rotatable bonds is 5. The number of halogens is 1. The largest absolute Gasteiger partial charge is 0.478 e. The van der Waals surface area contributed by atoms with Gasteiger partial charge in [0.2, 0.25) is 0 Å². The third-order valence-electron chi connectivity index (χ3n) is 4.33. The molecule has 1 aromatic heterocycles. The molecule has 0 saturated heterocycles. The van der Waals surface area contributed by atoms with E-state index in [1.54, 1.807) is 19.1 Å². The van der Waals surface area contributed by atoms with E-state index in [0.717, 1.165) is 9.54 Å². The fourth-order valence-corrected chi connectivity index (χ4v) is 4.22. The number of carboxylic acid groups (broad SMARTS) is 1. The number of hydrogen-bond acceptors (Lipinski definition) is 3. The number of benzene rings is 2. The lowest BCUT2D eigenvalue weighted by Crippen LogP contribution is -2.11. The van der Waals surface area contributed by atoms with Gasteiger partial charge in [-0.05, 0) is 49.8 Å². The van der Waals surface area contributed by atoms with Crippen molar-refractivity contribution in [3.63, 3.8) is 0 Å². The second-order valence-corrected chi connectivity index (χ2v) is 8.00. The summed E-state index contributed by atoms with van der Waals surface area (Å²) >= 11 is 0. The summed E-state index contributed by atoms with van der Waals surface area (Å²) in [6.07, 6.45) is 2.96. The molecule has 0 aliphatic heterocycles. The number of carbonyl (C=O) groups is 1. The van der Waals surface area contributed by atoms with Crippen LogP contribution in [-0.2, 0) is 14.8 Å². The summed E-state index contributed by atoms with van der Waals surface area (Å²) < 4.78 is 41.0. The van der Waals surface area contributed by atoms with Gasteiger partial charge in [-0.15, -0.1) is 0 Å². The average molecular weight is 387 g/mol. The summed E-state index contributed by atoms with van der Waals surface area (Å²) in [4.78, 5) is 11.4. The van der Waals surface area contributed by atoms with Crippen molar-refractivity contribution < 1.29 is 22.7 Å². The first-order valence-electron chi connectivity index (χ1n) is 8.30. The van der Waals surface area contributed by atoms with Gasteiger partial charge in [-0.2, -0.15) is 0 Å². The molecule has 0 aliphatic rings. The lowest BCUT2D eigenvalue weighted by Gasteiger charge is -2.07. The van der Waals surface area contributed by atoms with Crippen molar-refractivity contribution in [2.75, 3.05) is 0 Å². The third kappa shape index (κ3) is 3.50. The second-order valence-electron chi connectivity index (χ2n) is 6.19. The minimum atomic E-state index is -3.92. The number of carboxylic acids is 1. The SMILES string of the molecule is CC/C(=C\c1cn(S(=O)(=O)c2ccc(C)cc2)c2ccc(F)cc12)C(=O)O. The molecule has 3 aromatic rings. The van der Waals surface area contributed by atoms with E-state index in [-0.39, 0.29) is 22.4 Å². The number of aliphatic carboxylic acids is 1. The van der Waals surface area contributed by atoms with E-state index >= 15 is 0 Å². The Kier molecular flexibility index (Phi) is 4.89. The molecule has 2 aromatic carbocycles. The zero-order chi connectivity index (χ0) is 19.8. The summed E-state index contributed by atoms with van der Waals surface area (Å²) in [5, 5.41) is 9.60. The lowest BCUT2D eigenvalue weighted by atomic mass is 10.1. The average Bonchev–Trinajstić information content (AvgIpc) is 2.98. The monoisotopic (exact) mass is 387 g/mol. The Morgan fingerprint density at radius 1 is 1.19 bits per heavy atom. The van der Waals surface area contributed by atoms with Crippen LogP contribution >= 0.6 is 0 Å². The van der Waals surface area contributed by atoms with E-state index in [9.17, 15) is 22.7 Å². The first-order valence-corrected chi connectivity index (χ1v) is 9.74. The molecule has 1 heterocycles. The summed E-state index contributed by atoms with van der Waals surface area (Å²) in [5.41, 5.74) is 1.64. The van der Waals surface area contributed by atoms with Gasteiger partial charge in [0.15, 0.2) is 0 Å². The van der Waals surface area contributed by atoms with Crippen LogP contribution in [0.15, 0.2) is 59.1 Å². The minimum absolute atomic E-state index is 0.0961. The first kappa shape index (κ1) is 18.8. The topological polar surface area (TPSA) is 76.4 Å². The van der Waals surface area contributed by atoms with Crippen molar-refractivity contribution >= 4 is 33.0 Å². The van der Waals surface area contributed by atoms with E-state index in [0.29, 0.717) is 10.9 Å². The van der Waals surface area contributed by atoms with E-state index in [1.165, 1.54) is 42.6 Å². The van der Waals surface area contributed by atoms with Gasteiger partial charge in [0.05, 0.1) is 10.4 Å². The molecule has 0 bridgehead atoms. The van der Waals surface area contributed by atoms with Crippen molar-refractivity contribution in [3.8, 4) is 0 Å². The summed E-state index contributed by atoms with van der Waals surface area (Å²) in [7, 11) is -3.92. The molecule has 1 N–H and O–H groups in total. The van der Waals surface area contributed by atoms with Crippen molar-refractivity contribution in [1.29, 1.82) is 0 Å². The summed E-state index contributed by atoms with van der Waals surface area (Å²) in [6, 6.07) is 10.2. The Balaban J connectivity index is 2.29. The molecule has 0 radical (unpaired) electrons. The Bertz CT molecular complexity index is 1160. The predicted molar refractivity (Wildman–Crippen MR) is 102 cm³/mol. The Hall–Kier alpha value is -2.93. The number of nitrogens with zero attached hydrogens (tertiary/aromatic N) is 1. The molecule has 0 atom stereocenters. The Morgan fingerprint density at radius 3 is 2.44 bits per heavy atom. The minimum Gasteiger partial charge on any atom is -0.478 e. The van der Waals surface area contributed by atoms with Crippen LogP contribution < -0.4 is 0 Å². The van der Waals surface area contributed by atoms with Gasteiger partial charge in [0.25, 0.3) is 10.0 Å². The summed E-state index contributed by atoms with van der Waals surface area (Å²) in [5.74, 6) is -1.63. The van der Waals surface area contributed by atoms with Gasteiger partial charge in [0.1, 0.15) is 5.82 Å². The lowest BCUT2D eigenvalue weighted by molar-refractivity contribution is -0.132. The van der Waals surface area contributed by atoms with Gasteiger partial charge in [-0.1, -0.05) is 24.6 Å². The maximum atomic E-state index is 13.8. The molecule has 140 valence electrons. The molecule has 0 spiro atoms. The van der Waals surface area contributed by atoms with Crippen LogP contribution in [0.1, 0.15) is 24.5 Å². The van der Waals surface area contributed by atoms with E-state index in [1.807, 2.05) is 6.92 Å². The van der Waals surface area contributed by atoms with Crippen LogP contribution in [0.2, 0.25) is 0 Å².